The summed E-state index contributed by atoms with van der Waals surface area (Å²) in [5, 5.41) is 0. The number of anilines is 2. The van der Waals surface area contributed by atoms with E-state index in [-0.39, 0.29) is 11.8 Å². The second kappa shape index (κ2) is 11.0. The average molecular weight is 584 g/mol. The molecule has 0 radical (unpaired) electrons. The van der Waals surface area contributed by atoms with Crippen LogP contribution in [-0.4, -0.2) is 44.2 Å². The van der Waals surface area contributed by atoms with E-state index in [0.29, 0.717) is 60.9 Å². The van der Waals surface area contributed by atoms with E-state index in [0.717, 1.165) is 4.90 Å². The number of hydrogen-bond acceptors (Lipinski definition) is 4. The van der Waals surface area contributed by atoms with Gasteiger partial charge in [0.25, 0.3) is 0 Å². The number of carbonyl (C=O) groups is 1. The third-order valence-electron chi connectivity index (χ3n) is 7.19. The Balaban J connectivity index is 1.82. The summed E-state index contributed by atoms with van der Waals surface area (Å²) in [6.45, 7) is 6.31. The minimum Gasteiger partial charge on any atom is -0.378 e. The predicted molar refractivity (Wildman–Crippen MR) is 140 cm³/mol. The monoisotopic (exact) mass is 583 g/mol. The standard InChI is InChI=1S/C29H28F7N3O2/c1-17-11-21(30)5-6-22(17)23-15-25(39-7-9-41-10-8-39)37-16-24(23)38(4)26(40)27(2,3)18-12-19(28(31,32)33)14-20(13-18)29(34,35)36/h5-6,11-16H,7-10H2,1-4H3. The van der Waals surface area contributed by atoms with Crippen LogP contribution in [0.2, 0.25) is 0 Å². The first kappa shape index (κ1) is 30.3. The number of amides is 1. The van der Waals surface area contributed by atoms with Gasteiger partial charge in [-0.3, -0.25) is 4.79 Å². The molecule has 1 aromatic heterocycles. The minimum atomic E-state index is -5.06. The number of aromatic nitrogens is 1. The Hall–Kier alpha value is -3.67. The molecule has 0 aliphatic carbocycles. The Morgan fingerprint density at radius 2 is 1.44 bits per heavy atom. The van der Waals surface area contributed by atoms with Gasteiger partial charge in [0.15, 0.2) is 0 Å². The van der Waals surface area contributed by atoms with Crippen molar-refractivity contribution in [3.05, 3.63) is 76.7 Å². The fourth-order valence-electron chi connectivity index (χ4n) is 4.78. The summed E-state index contributed by atoms with van der Waals surface area (Å²) in [4.78, 5) is 21.5. The van der Waals surface area contributed by atoms with E-state index in [1.807, 2.05) is 4.90 Å². The van der Waals surface area contributed by atoms with Crippen molar-refractivity contribution in [2.75, 3.05) is 43.2 Å². The number of morpholine rings is 1. The van der Waals surface area contributed by atoms with Crippen molar-refractivity contribution in [2.45, 2.75) is 38.5 Å². The zero-order valence-electron chi connectivity index (χ0n) is 22.8. The number of alkyl halides is 6. The molecule has 3 aromatic rings. The molecule has 1 aliphatic heterocycles. The molecule has 220 valence electrons. The van der Waals surface area contributed by atoms with Crippen molar-refractivity contribution in [3.8, 4) is 11.1 Å². The number of rotatable bonds is 5. The average Bonchev–Trinajstić information content (AvgIpc) is 2.91. The molecule has 0 bridgehead atoms. The molecular weight excluding hydrogens is 555 g/mol. The van der Waals surface area contributed by atoms with Crippen molar-refractivity contribution in [1.82, 2.24) is 4.98 Å². The number of carbonyl (C=O) groups excluding carboxylic acids is 1. The van der Waals surface area contributed by atoms with Gasteiger partial charge < -0.3 is 14.5 Å². The molecule has 5 nitrogen and oxygen atoms in total. The predicted octanol–water partition coefficient (Wildman–Crippen LogP) is 7.01. The fourth-order valence-corrected chi connectivity index (χ4v) is 4.78. The summed E-state index contributed by atoms with van der Waals surface area (Å²) in [6.07, 6.45) is -8.70. The van der Waals surface area contributed by atoms with Crippen molar-refractivity contribution in [2.24, 2.45) is 0 Å². The van der Waals surface area contributed by atoms with Crippen molar-refractivity contribution >= 4 is 17.4 Å². The summed E-state index contributed by atoms with van der Waals surface area (Å²) in [5.41, 5.74) is -3.41. The molecule has 0 N–H and O–H groups in total. The van der Waals surface area contributed by atoms with Crippen LogP contribution < -0.4 is 9.80 Å². The number of likely N-dealkylation sites (N-methyl/N-ethyl adjacent to an activating group) is 1. The Morgan fingerprint density at radius 1 is 0.878 bits per heavy atom. The first-order valence-corrected chi connectivity index (χ1v) is 12.7. The van der Waals surface area contributed by atoms with Gasteiger partial charge in [-0.1, -0.05) is 6.07 Å². The fraction of sp³-hybridized carbons (Fsp3) is 0.379. The van der Waals surface area contributed by atoms with Crippen LogP contribution >= 0.6 is 0 Å². The van der Waals surface area contributed by atoms with Gasteiger partial charge in [0, 0.05) is 25.7 Å². The highest BCUT2D eigenvalue weighted by molar-refractivity contribution is 6.03. The second-order valence-electron chi connectivity index (χ2n) is 10.4. The van der Waals surface area contributed by atoms with Crippen LogP contribution in [0.15, 0.2) is 48.7 Å². The SMILES string of the molecule is Cc1cc(F)ccc1-c1cc(N2CCOCC2)ncc1N(C)C(=O)C(C)(C)c1cc(C(F)(F)F)cc(C(F)(F)F)c1. The lowest BCUT2D eigenvalue weighted by atomic mass is 9.81. The van der Waals surface area contributed by atoms with E-state index in [1.54, 1.807) is 19.1 Å². The summed E-state index contributed by atoms with van der Waals surface area (Å²) >= 11 is 0. The maximum absolute atomic E-state index is 13.9. The smallest absolute Gasteiger partial charge is 0.378 e. The third-order valence-corrected chi connectivity index (χ3v) is 7.19. The summed E-state index contributed by atoms with van der Waals surface area (Å²) in [7, 11) is 1.37. The Kier molecular flexibility index (Phi) is 8.10. The number of nitrogens with zero attached hydrogens (tertiary/aromatic N) is 3. The molecule has 1 fully saturated rings. The first-order valence-electron chi connectivity index (χ1n) is 12.7. The largest absolute Gasteiger partial charge is 0.416 e. The highest BCUT2D eigenvalue weighted by Gasteiger charge is 2.41. The number of aryl methyl sites for hydroxylation is 1. The highest BCUT2D eigenvalue weighted by Crippen LogP contribution is 2.41. The number of pyridine rings is 1. The van der Waals surface area contributed by atoms with Crippen LogP contribution in [0.4, 0.5) is 42.2 Å². The molecule has 2 heterocycles. The molecule has 1 saturated heterocycles. The Labute approximate surface area is 232 Å². The first-order chi connectivity index (χ1) is 19.0. The molecule has 0 spiro atoms. The van der Waals surface area contributed by atoms with Crippen LogP contribution in [0.1, 0.15) is 36.1 Å². The molecule has 12 heteroatoms. The van der Waals surface area contributed by atoms with Gasteiger partial charge in [0.2, 0.25) is 5.91 Å². The summed E-state index contributed by atoms with van der Waals surface area (Å²) in [5.74, 6) is -0.665. The topological polar surface area (TPSA) is 45.7 Å². The van der Waals surface area contributed by atoms with E-state index in [1.165, 1.54) is 39.2 Å². The van der Waals surface area contributed by atoms with Crippen LogP contribution in [0, 0.1) is 12.7 Å². The molecule has 0 saturated carbocycles. The Morgan fingerprint density at radius 3 is 1.98 bits per heavy atom. The van der Waals surface area contributed by atoms with Crippen LogP contribution in [-0.2, 0) is 27.3 Å². The quantitative estimate of drug-likeness (QED) is 0.303. The number of halogens is 7. The van der Waals surface area contributed by atoms with E-state index >= 15 is 0 Å². The van der Waals surface area contributed by atoms with Gasteiger partial charge in [-0.25, -0.2) is 9.37 Å². The lowest BCUT2D eigenvalue weighted by Gasteiger charge is -2.33. The van der Waals surface area contributed by atoms with Crippen LogP contribution in [0.5, 0.6) is 0 Å². The number of ether oxygens (including phenoxy) is 1. The van der Waals surface area contributed by atoms with Crippen molar-refractivity contribution < 1.29 is 40.3 Å². The molecule has 0 unspecified atom stereocenters. The number of hydrogen-bond donors (Lipinski definition) is 0. The second-order valence-corrected chi connectivity index (χ2v) is 10.4. The van der Waals surface area contributed by atoms with E-state index in [4.69, 9.17) is 4.74 Å². The molecule has 4 rings (SSSR count). The van der Waals surface area contributed by atoms with Crippen LogP contribution in [0.25, 0.3) is 11.1 Å². The third kappa shape index (κ3) is 6.32. The van der Waals surface area contributed by atoms with Gasteiger partial charge in [0.05, 0.1) is 41.6 Å². The lowest BCUT2D eigenvalue weighted by Crippen LogP contribution is -2.42. The highest BCUT2D eigenvalue weighted by atomic mass is 19.4. The molecule has 41 heavy (non-hydrogen) atoms. The maximum Gasteiger partial charge on any atom is 0.416 e. The zero-order valence-corrected chi connectivity index (χ0v) is 22.8. The van der Waals surface area contributed by atoms with E-state index < -0.39 is 46.2 Å². The Bertz CT molecular complexity index is 1410. The molecule has 2 aromatic carbocycles. The van der Waals surface area contributed by atoms with Crippen molar-refractivity contribution in [3.63, 3.8) is 0 Å². The number of benzene rings is 2. The van der Waals surface area contributed by atoms with Gasteiger partial charge in [-0.05, 0) is 73.9 Å². The van der Waals surface area contributed by atoms with Gasteiger partial charge in [0.1, 0.15) is 11.6 Å². The van der Waals surface area contributed by atoms with Crippen molar-refractivity contribution in [1.29, 1.82) is 0 Å². The van der Waals surface area contributed by atoms with E-state index in [9.17, 15) is 35.5 Å². The molecular formula is C29H28F7N3O2. The van der Waals surface area contributed by atoms with Gasteiger partial charge in [-0.15, -0.1) is 0 Å². The summed E-state index contributed by atoms with van der Waals surface area (Å²) in [6, 6.07) is 6.99. The van der Waals surface area contributed by atoms with Crippen LogP contribution in [0.3, 0.4) is 0 Å². The molecule has 0 atom stereocenters. The molecule has 1 aliphatic rings. The van der Waals surface area contributed by atoms with Gasteiger partial charge in [-0.2, -0.15) is 26.3 Å². The minimum absolute atomic E-state index is 0.0253. The summed E-state index contributed by atoms with van der Waals surface area (Å²) < 4.78 is 101. The molecule has 1 amide bonds. The van der Waals surface area contributed by atoms with Gasteiger partial charge >= 0.3 is 12.4 Å². The normalized spacial score (nSPS) is 14.8. The zero-order chi connectivity index (χ0) is 30.3. The van der Waals surface area contributed by atoms with E-state index in [2.05, 4.69) is 4.98 Å². The lowest BCUT2D eigenvalue weighted by molar-refractivity contribution is -0.143. The maximum atomic E-state index is 13.9.